The van der Waals surface area contributed by atoms with Gasteiger partial charge < -0.3 is 14.0 Å². The first kappa shape index (κ1) is 22.8. The predicted molar refractivity (Wildman–Crippen MR) is 141 cm³/mol. The average Bonchev–Trinajstić information content (AvgIpc) is 3.68. The van der Waals surface area contributed by atoms with Crippen LogP contribution in [0.15, 0.2) is 85.3 Å². The lowest BCUT2D eigenvalue weighted by Crippen LogP contribution is -2.44. The van der Waals surface area contributed by atoms with E-state index in [0.717, 1.165) is 23.1 Å². The molecule has 1 N–H and O–H groups in total. The number of aryl methyl sites for hydroxylation is 1. The van der Waals surface area contributed by atoms with Crippen molar-refractivity contribution in [3.63, 3.8) is 0 Å². The molecular formula is C28H27N7O2. The van der Waals surface area contributed by atoms with Gasteiger partial charge in [0.1, 0.15) is 5.56 Å². The first-order valence-corrected chi connectivity index (χ1v) is 12.4. The Morgan fingerprint density at radius 3 is 2.51 bits per heavy atom. The van der Waals surface area contributed by atoms with Gasteiger partial charge in [0.15, 0.2) is 5.82 Å². The van der Waals surface area contributed by atoms with E-state index in [0.29, 0.717) is 36.8 Å². The van der Waals surface area contributed by atoms with Crippen molar-refractivity contribution in [3.8, 4) is 11.5 Å². The van der Waals surface area contributed by atoms with E-state index in [1.807, 2.05) is 95.3 Å². The van der Waals surface area contributed by atoms with Gasteiger partial charge in [0, 0.05) is 32.5 Å². The van der Waals surface area contributed by atoms with E-state index in [1.165, 1.54) is 0 Å². The molecule has 2 aromatic carbocycles. The SMILES string of the molecule is Cn1c(NC(=O)[C@@H]2CCCN(C(=O)c3cnn(-c4ccccc4)c3-n3cccc3)C2)nc2ccccc21. The number of nitrogens with one attached hydrogen (secondary N) is 1. The highest BCUT2D eigenvalue weighted by Crippen LogP contribution is 2.25. The number of likely N-dealkylation sites (tertiary alicyclic amines) is 1. The van der Waals surface area contributed by atoms with E-state index in [2.05, 4.69) is 15.4 Å². The maximum Gasteiger partial charge on any atom is 0.259 e. The first-order valence-electron chi connectivity index (χ1n) is 12.4. The van der Waals surface area contributed by atoms with Crippen LogP contribution in [0.5, 0.6) is 0 Å². The highest BCUT2D eigenvalue weighted by atomic mass is 16.2. The van der Waals surface area contributed by atoms with Gasteiger partial charge in [0.2, 0.25) is 11.9 Å². The fourth-order valence-corrected chi connectivity index (χ4v) is 4.99. The van der Waals surface area contributed by atoms with Gasteiger partial charge in [-0.25, -0.2) is 9.67 Å². The normalized spacial score (nSPS) is 15.7. The number of carbonyl (C=O) groups is 2. The fourth-order valence-electron chi connectivity index (χ4n) is 4.99. The van der Waals surface area contributed by atoms with Gasteiger partial charge in [-0.05, 0) is 49.2 Å². The molecule has 0 spiro atoms. The Morgan fingerprint density at radius 1 is 0.973 bits per heavy atom. The van der Waals surface area contributed by atoms with E-state index in [1.54, 1.807) is 15.8 Å². The van der Waals surface area contributed by atoms with Crippen molar-refractivity contribution in [1.82, 2.24) is 28.8 Å². The zero-order valence-electron chi connectivity index (χ0n) is 20.5. The van der Waals surface area contributed by atoms with Crippen molar-refractivity contribution in [1.29, 1.82) is 0 Å². The summed E-state index contributed by atoms with van der Waals surface area (Å²) in [6.07, 6.45) is 6.88. The standard InChI is InChI=1S/C28H27N7O2/c1-32-24-14-6-5-13-23(24)30-28(32)31-25(36)20-10-9-17-34(19-20)27(37)22-18-29-35(21-11-3-2-4-12-21)26(22)33-15-7-8-16-33/h2-8,11-16,18,20H,9-10,17,19H2,1H3,(H,30,31,36)/t20-/m1/s1. The van der Waals surface area contributed by atoms with Gasteiger partial charge in [0.25, 0.3) is 5.91 Å². The smallest absolute Gasteiger partial charge is 0.259 e. The number of benzene rings is 2. The molecule has 6 rings (SSSR count). The minimum atomic E-state index is -0.322. The number of rotatable bonds is 5. The molecule has 1 aliphatic rings. The summed E-state index contributed by atoms with van der Waals surface area (Å²) < 4.78 is 5.54. The van der Waals surface area contributed by atoms with Crippen LogP contribution in [0.4, 0.5) is 5.95 Å². The quantitative estimate of drug-likeness (QED) is 0.400. The average molecular weight is 494 g/mol. The van der Waals surface area contributed by atoms with E-state index >= 15 is 0 Å². The van der Waals surface area contributed by atoms with Crippen LogP contribution in [0, 0.1) is 5.92 Å². The van der Waals surface area contributed by atoms with Gasteiger partial charge in [-0.2, -0.15) is 5.10 Å². The molecular weight excluding hydrogens is 466 g/mol. The zero-order chi connectivity index (χ0) is 25.4. The summed E-state index contributed by atoms with van der Waals surface area (Å²) >= 11 is 0. The van der Waals surface area contributed by atoms with Crippen LogP contribution in [0.3, 0.4) is 0 Å². The van der Waals surface area contributed by atoms with Crippen molar-refractivity contribution >= 4 is 28.8 Å². The molecule has 4 heterocycles. The van der Waals surface area contributed by atoms with Gasteiger partial charge in [-0.1, -0.05) is 30.3 Å². The summed E-state index contributed by atoms with van der Waals surface area (Å²) in [6.45, 7) is 0.937. The zero-order valence-corrected chi connectivity index (χ0v) is 20.5. The van der Waals surface area contributed by atoms with Crippen LogP contribution in [-0.4, -0.2) is 53.7 Å². The lowest BCUT2D eigenvalue weighted by molar-refractivity contribution is -0.121. The molecule has 9 nitrogen and oxygen atoms in total. The van der Waals surface area contributed by atoms with Gasteiger partial charge in [-0.3, -0.25) is 14.9 Å². The number of aromatic nitrogens is 5. The van der Waals surface area contributed by atoms with Crippen LogP contribution in [0.2, 0.25) is 0 Å². The second-order valence-corrected chi connectivity index (χ2v) is 9.28. The minimum absolute atomic E-state index is 0.124. The van der Waals surface area contributed by atoms with Crippen molar-refractivity contribution in [2.24, 2.45) is 13.0 Å². The molecule has 1 fully saturated rings. The molecule has 5 aromatic rings. The molecule has 3 aromatic heterocycles. The Labute approximate surface area is 213 Å². The summed E-state index contributed by atoms with van der Waals surface area (Å²) in [5, 5.41) is 7.54. The summed E-state index contributed by atoms with van der Waals surface area (Å²) in [6, 6.07) is 21.3. The topological polar surface area (TPSA) is 90.0 Å². The number of para-hydroxylation sites is 3. The van der Waals surface area contributed by atoms with Crippen molar-refractivity contribution in [2.45, 2.75) is 12.8 Å². The van der Waals surface area contributed by atoms with Crippen molar-refractivity contribution < 1.29 is 9.59 Å². The third kappa shape index (κ3) is 4.18. The predicted octanol–water partition coefficient (Wildman–Crippen LogP) is 4.04. The number of fused-ring (bicyclic) bond motifs is 1. The Morgan fingerprint density at radius 2 is 1.73 bits per heavy atom. The number of piperidine rings is 1. The molecule has 9 heteroatoms. The number of nitrogens with zero attached hydrogens (tertiary/aromatic N) is 6. The monoisotopic (exact) mass is 493 g/mol. The fraction of sp³-hybridized carbons (Fsp3) is 0.214. The lowest BCUT2D eigenvalue weighted by atomic mass is 9.96. The van der Waals surface area contributed by atoms with E-state index < -0.39 is 0 Å². The van der Waals surface area contributed by atoms with Crippen LogP contribution in [-0.2, 0) is 11.8 Å². The summed E-state index contributed by atoms with van der Waals surface area (Å²) in [5.41, 5.74) is 3.14. The third-order valence-corrected chi connectivity index (χ3v) is 6.93. The summed E-state index contributed by atoms with van der Waals surface area (Å²) in [7, 11) is 1.88. The lowest BCUT2D eigenvalue weighted by Gasteiger charge is -2.32. The molecule has 1 aliphatic heterocycles. The van der Waals surface area contributed by atoms with E-state index in [-0.39, 0.29) is 17.7 Å². The van der Waals surface area contributed by atoms with E-state index in [9.17, 15) is 9.59 Å². The van der Waals surface area contributed by atoms with Gasteiger partial charge in [0.05, 0.1) is 28.8 Å². The molecule has 0 aliphatic carbocycles. The second kappa shape index (κ2) is 9.42. The van der Waals surface area contributed by atoms with Crippen LogP contribution in [0.1, 0.15) is 23.2 Å². The largest absolute Gasteiger partial charge is 0.338 e. The molecule has 0 saturated carbocycles. The Bertz CT molecular complexity index is 1570. The molecule has 37 heavy (non-hydrogen) atoms. The van der Waals surface area contributed by atoms with Crippen molar-refractivity contribution in [3.05, 3.63) is 90.9 Å². The molecule has 0 bridgehead atoms. The van der Waals surface area contributed by atoms with Crippen LogP contribution < -0.4 is 5.32 Å². The molecule has 186 valence electrons. The maximum absolute atomic E-state index is 13.8. The highest BCUT2D eigenvalue weighted by molar-refractivity contribution is 5.98. The third-order valence-electron chi connectivity index (χ3n) is 6.93. The Kier molecular flexibility index (Phi) is 5.80. The molecule has 2 amide bonds. The number of carbonyl (C=O) groups excluding carboxylic acids is 2. The van der Waals surface area contributed by atoms with Crippen LogP contribution in [0.25, 0.3) is 22.5 Å². The second-order valence-electron chi connectivity index (χ2n) is 9.28. The number of anilines is 1. The molecule has 1 atom stereocenters. The molecule has 0 radical (unpaired) electrons. The van der Waals surface area contributed by atoms with Gasteiger partial charge in [-0.15, -0.1) is 0 Å². The minimum Gasteiger partial charge on any atom is -0.338 e. The number of hydrogen-bond donors (Lipinski definition) is 1. The number of hydrogen-bond acceptors (Lipinski definition) is 4. The summed E-state index contributed by atoms with van der Waals surface area (Å²) in [4.78, 5) is 33.3. The molecule has 0 unspecified atom stereocenters. The van der Waals surface area contributed by atoms with Gasteiger partial charge >= 0.3 is 0 Å². The highest BCUT2D eigenvalue weighted by Gasteiger charge is 2.32. The molecule has 1 saturated heterocycles. The Hall–Kier alpha value is -4.66. The van der Waals surface area contributed by atoms with Crippen molar-refractivity contribution in [2.75, 3.05) is 18.4 Å². The van der Waals surface area contributed by atoms with Crippen LogP contribution >= 0.6 is 0 Å². The Balaban J connectivity index is 1.24. The first-order chi connectivity index (χ1) is 18.1. The number of imidazole rings is 1. The maximum atomic E-state index is 13.8. The summed E-state index contributed by atoms with van der Waals surface area (Å²) in [5.74, 6) is 0.602. The number of amides is 2. The van der Waals surface area contributed by atoms with E-state index in [4.69, 9.17) is 0 Å².